The lowest BCUT2D eigenvalue weighted by Crippen LogP contribution is -2.41. The molecule has 4 aliphatic rings. The van der Waals surface area contributed by atoms with Crippen molar-refractivity contribution in [2.45, 2.75) is 50.2 Å². The molecule has 0 aromatic carbocycles. The Labute approximate surface area is 156 Å². The second-order valence-corrected chi connectivity index (χ2v) is 8.97. The fourth-order valence-electron chi connectivity index (χ4n) is 4.94. The Morgan fingerprint density at radius 2 is 2.15 bits per heavy atom. The van der Waals surface area contributed by atoms with E-state index < -0.39 is 17.4 Å². The Morgan fingerprint density at radius 1 is 1.35 bits per heavy atom. The summed E-state index contributed by atoms with van der Waals surface area (Å²) < 4.78 is 6.06. The van der Waals surface area contributed by atoms with Crippen LogP contribution in [-0.4, -0.2) is 47.0 Å². The van der Waals surface area contributed by atoms with E-state index in [0.717, 1.165) is 18.5 Å². The van der Waals surface area contributed by atoms with Crippen LogP contribution >= 0.6 is 11.3 Å². The van der Waals surface area contributed by atoms with E-state index in [1.54, 1.807) is 23.3 Å². The van der Waals surface area contributed by atoms with Crippen LogP contribution in [0.15, 0.2) is 12.2 Å². The zero-order valence-corrected chi connectivity index (χ0v) is 15.7. The number of aromatic nitrogens is 1. The van der Waals surface area contributed by atoms with Gasteiger partial charge < -0.3 is 15.0 Å². The number of carbonyl (C=O) groups excluding carboxylic acids is 2. The van der Waals surface area contributed by atoms with Gasteiger partial charge in [-0.3, -0.25) is 9.59 Å². The number of ether oxygens (including phenoxy) is 1. The van der Waals surface area contributed by atoms with E-state index in [2.05, 4.69) is 10.3 Å². The van der Waals surface area contributed by atoms with Gasteiger partial charge in [0.05, 0.1) is 30.2 Å². The summed E-state index contributed by atoms with van der Waals surface area (Å²) in [5.41, 5.74) is 0.526. The van der Waals surface area contributed by atoms with E-state index in [-0.39, 0.29) is 17.9 Å². The highest BCUT2D eigenvalue weighted by molar-refractivity contribution is 7.15. The molecule has 0 saturated carbocycles. The maximum absolute atomic E-state index is 13.0. The monoisotopic (exact) mass is 373 g/mol. The summed E-state index contributed by atoms with van der Waals surface area (Å²) in [4.78, 5) is 33.3. The fourth-order valence-corrected chi connectivity index (χ4v) is 5.99. The molecule has 1 aliphatic carbocycles. The highest BCUT2D eigenvalue weighted by atomic mass is 32.1. The molecule has 2 amide bonds. The molecule has 26 heavy (non-hydrogen) atoms. The number of carbonyl (C=O) groups is 2. The standard InChI is InChI=1S/C19H23N3O3S/c1-22-10-19-9-8-12(25-19)14(15(19)17(22)24)16(23)21-18-20-11-6-4-2-3-5-7-13(11)26-18/h8-9,12,14-15H,2-7,10H2,1H3,(H,20,21,23)/t12-,14-,15+,19-/m0/s1. The Bertz CT molecular complexity index is 778. The Morgan fingerprint density at radius 3 is 3.00 bits per heavy atom. The van der Waals surface area contributed by atoms with Crippen molar-refractivity contribution in [1.82, 2.24) is 9.88 Å². The van der Waals surface area contributed by atoms with E-state index in [4.69, 9.17) is 4.74 Å². The molecule has 1 aromatic rings. The average molecular weight is 373 g/mol. The van der Waals surface area contributed by atoms with Crippen molar-refractivity contribution in [2.75, 3.05) is 18.9 Å². The summed E-state index contributed by atoms with van der Waals surface area (Å²) >= 11 is 1.59. The lowest BCUT2D eigenvalue weighted by atomic mass is 9.77. The number of likely N-dealkylation sites (tertiary alicyclic amines) is 1. The van der Waals surface area contributed by atoms with Crippen LogP contribution in [0.2, 0.25) is 0 Å². The van der Waals surface area contributed by atoms with Crippen LogP contribution in [0, 0.1) is 11.8 Å². The first kappa shape index (κ1) is 16.4. The van der Waals surface area contributed by atoms with Gasteiger partial charge in [-0.25, -0.2) is 4.98 Å². The maximum atomic E-state index is 13.0. The third-order valence-electron chi connectivity index (χ3n) is 6.17. The van der Waals surface area contributed by atoms with Gasteiger partial charge >= 0.3 is 0 Å². The van der Waals surface area contributed by atoms with E-state index in [9.17, 15) is 9.59 Å². The number of aryl methyl sites for hydroxylation is 2. The molecule has 0 unspecified atom stereocenters. The van der Waals surface area contributed by atoms with Gasteiger partial charge in [0, 0.05) is 11.9 Å². The first-order valence-corrected chi connectivity index (χ1v) is 10.3. The lowest BCUT2D eigenvalue weighted by molar-refractivity contribution is -0.134. The Hall–Kier alpha value is -1.73. The number of hydrogen-bond donors (Lipinski definition) is 1. The van der Waals surface area contributed by atoms with Crippen LogP contribution in [-0.2, 0) is 27.2 Å². The highest BCUT2D eigenvalue weighted by Crippen LogP contribution is 2.51. The van der Waals surface area contributed by atoms with Gasteiger partial charge in [-0.2, -0.15) is 0 Å². The summed E-state index contributed by atoms with van der Waals surface area (Å²) in [6.07, 6.45) is 10.5. The average Bonchev–Trinajstić information content (AvgIpc) is 3.29. The molecule has 4 atom stereocenters. The van der Waals surface area contributed by atoms with Crippen LogP contribution in [0.25, 0.3) is 0 Å². The van der Waals surface area contributed by atoms with E-state index in [1.807, 2.05) is 12.2 Å². The molecule has 1 spiro atoms. The Kier molecular flexibility index (Phi) is 3.72. The van der Waals surface area contributed by atoms with Crippen LogP contribution < -0.4 is 5.32 Å². The molecule has 7 heteroatoms. The van der Waals surface area contributed by atoms with Gasteiger partial charge in [0.25, 0.3) is 0 Å². The fraction of sp³-hybridized carbons (Fsp3) is 0.632. The van der Waals surface area contributed by atoms with Crippen molar-refractivity contribution < 1.29 is 14.3 Å². The number of anilines is 1. The summed E-state index contributed by atoms with van der Waals surface area (Å²) in [5.74, 6) is -1.02. The molecule has 3 aliphatic heterocycles. The number of likely N-dealkylation sites (N-methyl/N-ethyl adjacent to an activating group) is 1. The second kappa shape index (κ2) is 5.89. The van der Waals surface area contributed by atoms with Crippen LogP contribution in [0.3, 0.4) is 0 Å². The summed E-state index contributed by atoms with van der Waals surface area (Å²) in [7, 11) is 1.77. The van der Waals surface area contributed by atoms with E-state index in [1.165, 1.54) is 30.6 Å². The summed E-state index contributed by atoms with van der Waals surface area (Å²) in [5, 5.41) is 3.66. The first-order valence-electron chi connectivity index (χ1n) is 9.49. The van der Waals surface area contributed by atoms with Gasteiger partial charge in [-0.05, 0) is 25.7 Å². The number of nitrogens with one attached hydrogen (secondary N) is 1. The van der Waals surface area contributed by atoms with Gasteiger partial charge in [-0.1, -0.05) is 25.0 Å². The van der Waals surface area contributed by atoms with Crippen molar-refractivity contribution in [3.05, 3.63) is 22.7 Å². The third kappa shape index (κ3) is 2.36. The second-order valence-electron chi connectivity index (χ2n) is 7.89. The number of nitrogens with zero attached hydrogens (tertiary/aromatic N) is 2. The molecular formula is C19H23N3O3S. The molecule has 4 heterocycles. The zero-order valence-electron chi connectivity index (χ0n) is 14.9. The molecule has 1 N–H and O–H groups in total. The molecular weight excluding hydrogens is 350 g/mol. The minimum absolute atomic E-state index is 0.00316. The summed E-state index contributed by atoms with van der Waals surface area (Å²) in [6.45, 7) is 0.527. The largest absolute Gasteiger partial charge is 0.360 e. The molecule has 0 radical (unpaired) electrons. The third-order valence-corrected chi connectivity index (χ3v) is 7.24. The molecule has 6 nitrogen and oxygen atoms in total. The van der Waals surface area contributed by atoms with Crippen molar-refractivity contribution in [3.8, 4) is 0 Å². The minimum atomic E-state index is -0.615. The maximum Gasteiger partial charge on any atom is 0.233 e. The van der Waals surface area contributed by atoms with Gasteiger partial charge in [-0.15, -0.1) is 11.3 Å². The van der Waals surface area contributed by atoms with Crippen molar-refractivity contribution in [3.63, 3.8) is 0 Å². The zero-order chi connectivity index (χ0) is 17.9. The minimum Gasteiger partial charge on any atom is -0.360 e. The smallest absolute Gasteiger partial charge is 0.233 e. The molecule has 1 aromatic heterocycles. The van der Waals surface area contributed by atoms with Gasteiger partial charge in [0.2, 0.25) is 11.8 Å². The number of fused-ring (bicyclic) bond motifs is 2. The van der Waals surface area contributed by atoms with Crippen LogP contribution in [0.5, 0.6) is 0 Å². The van der Waals surface area contributed by atoms with Crippen LogP contribution in [0.4, 0.5) is 5.13 Å². The predicted octanol–water partition coefficient (Wildman–Crippen LogP) is 2.15. The van der Waals surface area contributed by atoms with Gasteiger partial charge in [0.15, 0.2) is 5.13 Å². The molecule has 2 bridgehead atoms. The van der Waals surface area contributed by atoms with E-state index in [0.29, 0.717) is 11.7 Å². The molecule has 2 saturated heterocycles. The Balaban J connectivity index is 1.37. The number of thiazole rings is 1. The predicted molar refractivity (Wildman–Crippen MR) is 98.0 cm³/mol. The molecule has 2 fully saturated rings. The van der Waals surface area contributed by atoms with Gasteiger partial charge in [0.1, 0.15) is 5.60 Å². The van der Waals surface area contributed by atoms with Crippen molar-refractivity contribution in [1.29, 1.82) is 0 Å². The van der Waals surface area contributed by atoms with Crippen molar-refractivity contribution >= 4 is 28.3 Å². The highest BCUT2D eigenvalue weighted by Gasteiger charge is 2.66. The van der Waals surface area contributed by atoms with Crippen molar-refractivity contribution in [2.24, 2.45) is 11.8 Å². The number of amides is 2. The normalized spacial score (nSPS) is 35.2. The quantitative estimate of drug-likeness (QED) is 0.807. The summed E-state index contributed by atoms with van der Waals surface area (Å²) in [6, 6.07) is 0. The number of hydrogen-bond acceptors (Lipinski definition) is 5. The van der Waals surface area contributed by atoms with Crippen LogP contribution in [0.1, 0.15) is 36.3 Å². The topological polar surface area (TPSA) is 71.5 Å². The first-order chi connectivity index (χ1) is 12.6. The molecule has 138 valence electrons. The van der Waals surface area contributed by atoms with E-state index >= 15 is 0 Å². The lowest BCUT2D eigenvalue weighted by Gasteiger charge is -2.23. The SMILES string of the molecule is CN1C[C@]23C=C[C@H](O2)[C@H](C(=O)Nc2nc4c(s2)CCCCCC4)[C@@H]3C1=O. The molecule has 5 rings (SSSR count). The number of rotatable bonds is 2.